The summed E-state index contributed by atoms with van der Waals surface area (Å²) in [6.07, 6.45) is 6.52. The summed E-state index contributed by atoms with van der Waals surface area (Å²) in [5, 5.41) is 2.19. The van der Waals surface area contributed by atoms with Crippen molar-refractivity contribution < 1.29 is 23.9 Å². The number of methoxy groups -OCH3 is 1. The molecule has 0 unspecified atom stereocenters. The number of aromatic nitrogens is 1. The summed E-state index contributed by atoms with van der Waals surface area (Å²) in [7, 11) is 1.54. The third-order valence-corrected chi connectivity index (χ3v) is 4.34. The van der Waals surface area contributed by atoms with Crippen LogP contribution in [-0.2, 0) is 16.0 Å². The highest BCUT2D eigenvalue weighted by Gasteiger charge is 2.37. The minimum absolute atomic E-state index is 0.185. The van der Waals surface area contributed by atoms with Crippen LogP contribution >= 0.6 is 0 Å². The number of hydrogen-bond donors (Lipinski definition) is 1. The second-order valence-corrected chi connectivity index (χ2v) is 6.31. The van der Waals surface area contributed by atoms with Crippen LogP contribution < -0.4 is 19.7 Å². The number of hydrogen-bond acceptors (Lipinski definition) is 6. The van der Waals surface area contributed by atoms with Crippen LogP contribution in [0.1, 0.15) is 18.1 Å². The van der Waals surface area contributed by atoms with Gasteiger partial charge in [-0.1, -0.05) is 6.08 Å². The van der Waals surface area contributed by atoms with Crippen LogP contribution in [0.3, 0.4) is 0 Å². The summed E-state index contributed by atoms with van der Waals surface area (Å²) < 4.78 is 11.1. The number of rotatable bonds is 7. The first-order valence-corrected chi connectivity index (χ1v) is 9.26. The quantitative estimate of drug-likeness (QED) is 0.431. The number of pyridine rings is 1. The highest BCUT2D eigenvalue weighted by Crippen LogP contribution is 2.34. The average molecular weight is 407 g/mol. The smallest absolute Gasteiger partial charge is 0.336 e. The van der Waals surface area contributed by atoms with Crippen molar-refractivity contribution in [3.8, 4) is 11.5 Å². The van der Waals surface area contributed by atoms with Gasteiger partial charge in [-0.2, -0.15) is 0 Å². The highest BCUT2D eigenvalue weighted by molar-refractivity contribution is 6.39. The van der Waals surface area contributed by atoms with Gasteiger partial charge in [0.25, 0.3) is 11.8 Å². The second kappa shape index (κ2) is 9.04. The maximum Gasteiger partial charge on any atom is 0.336 e. The molecule has 0 radical (unpaired) electrons. The molecule has 1 saturated heterocycles. The SMILES string of the molecule is C=CCc1cc(/C=C2\C(=O)NC(=O)N(c3cccnc3)C2=O)cc(OCC)c1OC. The Morgan fingerprint density at radius 2 is 2.07 bits per heavy atom. The van der Waals surface area contributed by atoms with Gasteiger partial charge in [-0.05, 0) is 49.2 Å². The Hall–Kier alpha value is -3.94. The lowest BCUT2D eigenvalue weighted by Crippen LogP contribution is -2.54. The molecule has 1 aliphatic heterocycles. The largest absolute Gasteiger partial charge is 0.493 e. The molecule has 2 heterocycles. The lowest BCUT2D eigenvalue weighted by atomic mass is 10.0. The summed E-state index contributed by atoms with van der Waals surface area (Å²) in [5.74, 6) is -0.472. The number of carbonyl (C=O) groups is 3. The molecule has 0 saturated carbocycles. The minimum Gasteiger partial charge on any atom is -0.493 e. The Labute approximate surface area is 173 Å². The number of amides is 4. The van der Waals surface area contributed by atoms with E-state index in [0.29, 0.717) is 30.1 Å². The number of allylic oxidation sites excluding steroid dienone is 1. The van der Waals surface area contributed by atoms with Gasteiger partial charge in [0, 0.05) is 11.8 Å². The van der Waals surface area contributed by atoms with Crippen molar-refractivity contribution in [1.82, 2.24) is 10.3 Å². The fourth-order valence-electron chi connectivity index (χ4n) is 3.11. The van der Waals surface area contributed by atoms with Gasteiger partial charge in [-0.15, -0.1) is 6.58 Å². The molecule has 8 nitrogen and oxygen atoms in total. The molecule has 1 fully saturated rings. The molecule has 2 aromatic rings. The third kappa shape index (κ3) is 4.07. The number of nitrogens with zero attached hydrogens (tertiary/aromatic N) is 2. The van der Waals surface area contributed by atoms with E-state index >= 15 is 0 Å². The molecule has 8 heteroatoms. The summed E-state index contributed by atoms with van der Waals surface area (Å²) in [6.45, 7) is 6.00. The number of urea groups is 1. The monoisotopic (exact) mass is 407 g/mol. The van der Waals surface area contributed by atoms with E-state index in [-0.39, 0.29) is 11.3 Å². The number of ether oxygens (including phenoxy) is 2. The van der Waals surface area contributed by atoms with Crippen LogP contribution in [0.4, 0.5) is 10.5 Å². The van der Waals surface area contributed by atoms with E-state index < -0.39 is 17.8 Å². The van der Waals surface area contributed by atoms with E-state index in [1.54, 1.807) is 30.3 Å². The Bertz CT molecular complexity index is 1030. The highest BCUT2D eigenvalue weighted by atomic mass is 16.5. The fraction of sp³-hybridized carbons (Fsp3) is 0.182. The average Bonchev–Trinajstić information content (AvgIpc) is 2.72. The molecule has 0 spiro atoms. The van der Waals surface area contributed by atoms with Crippen LogP contribution in [0.25, 0.3) is 6.08 Å². The predicted molar refractivity (Wildman–Crippen MR) is 111 cm³/mol. The molecule has 0 aliphatic carbocycles. The van der Waals surface area contributed by atoms with Crippen LogP contribution in [0, 0.1) is 0 Å². The maximum absolute atomic E-state index is 13.0. The van der Waals surface area contributed by atoms with Gasteiger partial charge in [0.1, 0.15) is 5.57 Å². The number of barbiturate groups is 1. The maximum atomic E-state index is 13.0. The van der Waals surface area contributed by atoms with Crippen molar-refractivity contribution in [3.05, 3.63) is 66.0 Å². The number of anilines is 1. The molecule has 1 aromatic carbocycles. The van der Waals surface area contributed by atoms with Gasteiger partial charge in [-0.3, -0.25) is 19.9 Å². The zero-order valence-corrected chi connectivity index (χ0v) is 16.7. The lowest BCUT2D eigenvalue weighted by Gasteiger charge is -2.26. The lowest BCUT2D eigenvalue weighted by molar-refractivity contribution is -0.122. The van der Waals surface area contributed by atoms with Gasteiger partial charge in [0.15, 0.2) is 11.5 Å². The molecule has 1 aromatic heterocycles. The molecule has 30 heavy (non-hydrogen) atoms. The molecule has 4 amide bonds. The van der Waals surface area contributed by atoms with Crippen LogP contribution in [0.5, 0.6) is 11.5 Å². The topological polar surface area (TPSA) is 97.8 Å². The molecule has 1 N–H and O–H groups in total. The van der Waals surface area contributed by atoms with Crippen LogP contribution in [0.2, 0.25) is 0 Å². The summed E-state index contributed by atoms with van der Waals surface area (Å²) in [5.41, 5.74) is 1.41. The van der Waals surface area contributed by atoms with Crippen molar-refractivity contribution in [3.63, 3.8) is 0 Å². The molecular formula is C22H21N3O5. The molecule has 154 valence electrons. The van der Waals surface area contributed by atoms with E-state index in [2.05, 4.69) is 16.9 Å². The molecule has 1 aliphatic rings. The third-order valence-electron chi connectivity index (χ3n) is 4.34. The Kier molecular flexibility index (Phi) is 6.26. The van der Waals surface area contributed by atoms with Crippen molar-refractivity contribution >= 4 is 29.6 Å². The Balaban J connectivity index is 2.08. The molecule has 3 rings (SSSR count). The molecular weight excluding hydrogens is 386 g/mol. The van der Waals surface area contributed by atoms with Crippen LogP contribution in [-0.4, -0.2) is 36.5 Å². The van der Waals surface area contributed by atoms with E-state index in [4.69, 9.17) is 9.47 Å². The molecule has 0 bridgehead atoms. The first-order chi connectivity index (χ1) is 14.5. The first-order valence-electron chi connectivity index (χ1n) is 9.26. The zero-order chi connectivity index (χ0) is 21.7. The number of carbonyl (C=O) groups excluding carboxylic acids is 3. The molecule has 0 atom stereocenters. The van der Waals surface area contributed by atoms with Gasteiger partial charge in [0.2, 0.25) is 0 Å². The zero-order valence-electron chi connectivity index (χ0n) is 16.7. The van der Waals surface area contributed by atoms with Gasteiger partial charge < -0.3 is 9.47 Å². The number of nitrogens with one attached hydrogen (secondary N) is 1. The van der Waals surface area contributed by atoms with E-state index in [1.807, 2.05) is 6.92 Å². The van der Waals surface area contributed by atoms with Crippen molar-refractivity contribution in [2.24, 2.45) is 0 Å². The predicted octanol–water partition coefficient (Wildman–Crippen LogP) is 2.88. The van der Waals surface area contributed by atoms with E-state index in [1.165, 1.54) is 25.6 Å². The normalized spacial score (nSPS) is 15.2. The fourth-order valence-corrected chi connectivity index (χ4v) is 3.11. The van der Waals surface area contributed by atoms with Gasteiger partial charge in [0.05, 0.1) is 25.6 Å². The van der Waals surface area contributed by atoms with Crippen molar-refractivity contribution in [2.45, 2.75) is 13.3 Å². The summed E-state index contributed by atoms with van der Waals surface area (Å²) >= 11 is 0. The Morgan fingerprint density at radius 3 is 2.70 bits per heavy atom. The van der Waals surface area contributed by atoms with E-state index in [0.717, 1.165) is 10.5 Å². The number of benzene rings is 1. The van der Waals surface area contributed by atoms with Crippen molar-refractivity contribution in [2.75, 3.05) is 18.6 Å². The second-order valence-electron chi connectivity index (χ2n) is 6.31. The van der Waals surface area contributed by atoms with Gasteiger partial charge in [-0.25, -0.2) is 9.69 Å². The minimum atomic E-state index is -0.827. The Morgan fingerprint density at radius 1 is 1.27 bits per heavy atom. The van der Waals surface area contributed by atoms with Crippen molar-refractivity contribution in [1.29, 1.82) is 0 Å². The first kappa shape index (κ1) is 20.8. The summed E-state index contributed by atoms with van der Waals surface area (Å²) in [4.78, 5) is 42.4. The van der Waals surface area contributed by atoms with Crippen LogP contribution in [0.15, 0.2) is 54.9 Å². The van der Waals surface area contributed by atoms with E-state index in [9.17, 15) is 14.4 Å². The summed E-state index contributed by atoms with van der Waals surface area (Å²) in [6, 6.07) is 5.78. The standard InChI is InChI=1S/C22H21N3O5/c1-4-7-15-10-14(12-18(30-5-2)19(15)29-3)11-17-20(26)24-22(28)25(21(17)27)16-8-6-9-23-13-16/h4,6,8-13H,1,5,7H2,2-3H3,(H,24,26,28)/b17-11+. The number of imide groups is 2. The van der Waals surface area contributed by atoms with Gasteiger partial charge >= 0.3 is 6.03 Å².